The highest BCUT2D eigenvalue weighted by Gasteiger charge is 2.19. The first kappa shape index (κ1) is 10.6. The van der Waals surface area contributed by atoms with Gasteiger partial charge in [-0.1, -0.05) is 12.5 Å². The van der Waals surface area contributed by atoms with Gasteiger partial charge in [-0.2, -0.15) is 11.8 Å². The molecule has 0 aliphatic carbocycles. The summed E-state index contributed by atoms with van der Waals surface area (Å²) in [4.78, 5) is 13.5. The molecule has 13 heavy (non-hydrogen) atoms. The fraction of sp³-hybridized carbons (Fsp3) is 0.700. The Morgan fingerprint density at radius 2 is 2.23 bits per heavy atom. The van der Waals surface area contributed by atoms with Gasteiger partial charge in [-0.15, -0.1) is 0 Å². The van der Waals surface area contributed by atoms with E-state index in [1.807, 2.05) is 30.5 Å². The average molecular weight is 199 g/mol. The molecule has 3 heteroatoms. The lowest BCUT2D eigenvalue weighted by atomic mass is 10.3. The molecule has 0 aromatic carbocycles. The van der Waals surface area contributed by atoms with Gasteiger partial charge in [0, 0.05) is 30.2 Å². The summed E-state index contributed by atoms with van der Waals surface area (Å²) in [5.41, 5.74) is 1.08. The molecule has 1 amide bonds. The number of nitrogens with zero attached hydrogens (tertiary/aromatic N) is 1. The molecule has 1 saturated heterocycles. The predicted molar refractivity (Wildman–Crippen MR) is 57.9 cm³/mol. The molecule has 1 heterocycles. The Hall–Kier alpha value is -0.440. The molecule has 1 aliphatic rings. The van der Waals surface area contributed by atoms with Crippen LogP contribution in [0.25, 0.3) is 0 Å². The number of allylic oxidation sites excluding steroid dienone is 1. The maximum Gasteiger partial charge on any atom is 0.246 e. The van der Waals surface area contributed by atoms with Gasteiger partial charge in [0.25, 0.3) is 0 Å². The molecule has 2 nitrogen and oxygen atoms in total. The van der Waals surface area contributed by atoms with E-state index in [4.69, 9.17) is 0 Å². The Morgan fingerprint density at radius 3 is 2.77 bits per heavy atom. The summed E-state index contributed by atoms with van der Waals surface area (Å²) < 4.78 is 0. The molecule has 0 aromatic rings. The van der Waals surface area contributed by atoms with Gasteiger partial charge in [0.1, 0.15) is 0 Å². The van der Waals surface area contributed by atoms with Gasteiger partial charge >= 0.3 is 0 Å². The lowest BCUT2D eigenvalue weighted by molar-refractivity contribution is -0.125. The van der Waals surface area contributed by atoms with Gasteiger partial charge in [-0.05, 0) is 13.8 Å². The summed E-state index contributed by atoms with van der Waals surface area (Å²) in [5.74, 6) is 1.25. The van der Waals surface area contributed by atoms with Crippen LogP contribution >= 0.6 is 11.8 Å². The van der Waals surface area contributed by atoms with Crippen molar-refractivity contribution in [2.45, 2.75) is 26.0 Å². The largest absolute Gasteiger partial charge is 0.337 e. The Bertz CT molecular complexity index is 221. The van der Waals surface area contributed by atoms with Gasteiger partial charge in [0.15, 0.2) is 0 Å². The van der Waals surface area contributed by atoms with Crippen LogP contribution < -0.4 is 0 Å². The summed E-state index contributed by atoms with van der Waals surface area (Å²) in [6, 6.07) is 0. The second-order valence-electron chi connectivity index (χ2n) is 3.69. The number of rotatable bonds is 1. The number of carbonyl (C=O) groups is 1. The van der Waals surface area contributed by atoms with Crippen LogP contribution in [0, 0.1) is 0 Å². The molecular weight excluding hydrogens is 182 g/mol. The second kappa shape index (κ2) is 4.70. The van der Waals surface area contributed by atoms with Crippen molar-refractivity contribution in [1.82, 2.24) is 4.90 Å². The van der Waals surface area contributed by atoms with E-state index in [9.17, 15) is 4.79 Å². The Morgan fingerprint density at radius 1 is 1.54 bits per heavy atom. The van der Waals surface area contributed by atoms with E-state index in [1.165, 1.54) is 0 Å². The van der Waals surface area contributed by atoms with Crippen molar-refractivity contribution in [1.29, 1.82) is 0 Å². The molecule has 1 fully saturated rings. The lowest BCUT2D eigenvalue weighted by Gasteiger charge is -2.29. The number of thioether (sulfide) groups is 1. The molecule has 1 unspecified atom stereocenters. The van der Waals surface area contributed by atoms with Crippen molar-refractivity contribution in [3.8, 4) is 0 Å². The summed E-state index contributed by atoms with van der Waals surface area (Å²) in [7, 11) is 0. The molecule has 0 aromatic heterocycles. The predicted octanol–water partition coefficient (Wildman–Crippen LogP) is 1.92. The Kier molecular flexibility index (Phi) is 3.85. The quantitative estimate of drug-likeness (QED) is 0.601. The van der Waals surface area contributed by atoms with Gasteiger partial charge in [0.05, 0.1) is 0 Å². The molecule has 1 rings (SSSR count). The molecule has 0 N–H and O–H groups in total. The van der Waals surface area contributed by atoms with E-state index >= 15 is 0 Å². The van der Waals surface area contributed by atoms with Crippen LogP contribution in [0.3, 0.4) is 0 Å². The van der Waals surface area contributed by atoms with Gasteiger partial charge in [-0.3, -0.25) is 4.79 Å². The third-order valence-electron chi connectivity index (χ3n) is 1.96. The zero-order chi connectivity index (χ0) is 9.84. The van der Waals surface area contributed by atoms with Crippen molar-refractivity contribution in [3.05, 3.63) is 11.6 Å². The summed E-state index contributed by atoms with van der Waals surface area (Å²) in [6.45, 7) is 7.89. The number of carbonyl (C=O) groups excluding carboxylic acids is 1. The Labute approximate surface area is 84.4 Å². The van der Waals surface area contributed by atoms with Gasteiger partial charge < -0.3 is 4.90 Å². The van der Waals surface area contributed by atoms with Crippen LogP contribution in [-0.4, -0.2) is 34.9 Å². The van der Waals surface area contributed by atoms with E-state index in [0.29, 0.717) is 5.25 Å². The fourth-order valence-electron chi connectivity index (χ4n) is 1.36. The van der Waals surface area contributed by atoms with Crippen molar-refractivity contribution >= 4 is 17.7 Å². The zero-order valence-corrected chi connectivity index (χ0v) is 9.36. The van der Waals surface area contributed by atoms with Crippen LogP contribution in [0.1, 0.15) is 20.8 Å². The Balaban J connectivity index is 2.51. The molecule has 0 bridgehead atoms. The monoisotopic (exact) mass is 199 g/mol. The highest BCUT2D eigenvalue weighted by atomic mass is 32.2. The SMILES string of the molecule is CC(C)=CC(=O)N1CCSC(C)C1. The normalized spacial score (nSPS) is 22.7. The van der Waals surface area contributed by atoms with Crippen molar-refractivity contribution < 1.29 is 4.79 Å². The molecule has 0 saturated carbocycles. The minimum Gasteiger partial charge on any atom is -0.337 e. The maximum atomic E-state index is 11.6. The highest BCUT2D eigenvalue weighted by Crippen LogP contribution is 2.17. The topological polar surface area (TPSA) is 20.3 Å². The summed E-state index contributed by atoms with van der Waals surface area (Å²) in [6.07, 6.45) is 1.72. The third-order valence-corrected chi connectivity index (χ3v) is 3.10. The first-order chi connectivity index (χ1) is 6.09. The smallest absolute Gasteiger partial charge is 0.246 e. The second-order valence-corrected chi connectivity index (χ2v) is 5.23. The molecule has 0 radical (unpaired) electrons. The first-order valence-electron chi connectivity index (χ1n) is 4.65. The standard InChI is InChI=1S/C10H17NOS/c1-8(2)6-10(12)11-4-5-13-9(3)7-11/h6,9H,4-5,7H2,1-3H3. The number of amides is 1. The van der Waals surface area contributed by atoms with Crippen molar-refractivity contribution in [2.24, 2.45) is 0 Å². The average Bonchev–Trinajstić information content (AvgIpc) is 2.03. The van der Waals surface area contributed by atoms with Gasteiger partial charge in [-0.25, -0.2) is 0 Å². The van der Waals surface area contributed by atoms with E-state index in [-0.39, 0.29) is 5.91 Å². The van der Waals surface area contributed by atoms with E-state index in [2.05, 4.69) is 6.92 Å². The highest BCUT2D eigenvalue weighted by molar-refractivity contribution is 7.99. The minimum atomic E-state index is 0.173. The van der Waals surface area contributed by atoms with Crippen LogP contribution in [0.4, 0.5) is 0 Å². The number of hydrogen-bond donors (Lipinski definition) is 0. The summed E-state index contributed by atoms with van der Waals surface area (Å²) >= 11 is 1.94. The minimum absolute atomic E-state index is 0.173. The molecule has 1 aliphatic heterocycles. The summed E-state index contributed by atoms with van der Waals surface area (Å²) in [5, 5.41) is 0.586. The van der Waals surface area contributed by atoms with Crippen molar-refractivity contribution in [2.75, 3.05) is 18.8 Å². The van der Waals surface area contributed by atoms with Crippen LogP contribution in [0.5, 0.6) is 0 Å². The van der Waals surface area contributed by atoms with Gasteiger partial charge in [0.2, 0.25) is 5.91 Å². The molecule has 74 valence electrons. The molecule has 0 spiro atoms. The van der Waals surface area contributed by atoms with E-state index in [1.54, 1.807) is 6.08 Å². The molecular formula is C10H17NOS. The van der Waals surface area contributed by atoms with E-state index in [0.717, 1.165) is 24.4 Å². The van der Waals surface area contributed by atoms with Crippen LogP contribution in [0.2, 0.25) is 0 Å². The lowest BCUT2D eigenvalue weighted by Crippen LogP contribution is -2.40. The van der Waals surface area contributed by atoms with E-state index < -0.39 is 0 Å². The number of hydrogen-bond acceptors (Lipinski definition) is 2. The zero-order valence-electron chi connectivity index (χ0n) is 8.54. The first-order valence-corrected chi connectivity index (χ1v) is 5.70. The molecule has 1 atom stereocenters. The van der Waals surface area contributed by atoms with Crippen molar-refractivity contribution in [3.63, 3.8) is 0 Å². The fourth-order valence-corrected chi connectivity index (χ4v) is 2.37. The third kappa shape index (κ3) is 3.43. The van der Waals surface area contributed by atoms with Crippen LogP contribution in [-0.2, 0) is 4.79 Å². The maximum absolute atomic E-state index is 11.6. The van der Waals surface area contributed by atoms with Crippen LogP contribution in [0.15, 0.2) is 11.6 Å².